The van der Waals surface area contributed by atoms with Crippen molar-refractivity contribution in [3.63, 3.8) is 0 Å². The van der Waals surface area contributed by atoms with Crippen molar-refractivity contribution in [2.24, 2.45) is 5.92 Å². The number of benzene rings is 1. The van der Waals surface area contributed by atoms with Crippen LogP contribution in [0.25, 0.3) is 0 Å². The van der Waals surface area contributed by atoms with Gasteiger partial charge in [-0.3, -0.25) is 0 Å². The fraction of sp³-hybridized carbons (Fsp3) is 0.529. The first-order chi connectivity index (χ1) is 8.66. The molecule has 1 heteroatoms. The van der Waals surface area contributed by atoms with Crippen LogP contribution in [0.15, 0.2) is 42.5 Å². The summed E-state index contributed by atoms with van der Waals surface area (Å²) in [7, 11) is 0. The van der Waals surface area contributed by atoms with Crippen LogP contribution < -0.4 is 4.74 Å². The molecule has 0 aromatic heterocycles. The lowest BCUT2D eigenvalue weighted by Crippen LogP contribution is -2.27. The highest BCUT2D eigenvalue weighted by molar-refractivity contribution is 5.22. The average Bonchev–Trinajstić information content (AvgIpc) is 2.82. The van der Waals surface area contributed by atoms with Crippen molar-refractivity contribution in [2.45, 2.75) is 51.6 Å². The Labute approximate surface area is 111 Å². The number of para-hydroxylation sites is 1. The molecule has 1 saturated carbocycles. The van der Waals surface area contributed by atoms with Gasteiger partial charge in [-0.1, -0.05) is 43.2 Å². The minimum Gasteiger partial charge on any atom is -0.488 e. The largest absolute Gasteiger partial charge is 0.488 e. The molecular weight excluding hydrogens is 220 g/mol. The fourth-order valence-electron chi connectivity index (χ4n) is 2.54. The molecule has 18 heavy (non-hydrogen) atoms. The Hall–Kier alpha value is -1.24. The fourth-order valence-corrected chi connectivity index (χ4v) is 2.54. The van der Waals surface area contributed by atoms with Crippen LogP contribution in [-0.2, 0) is 0 Å². The number of allylic oxidation sites excluding steroid dienone is 1. The highest BCUT2D eigenvalue weighted by Gasteiger charge is 2.18. The molecule has 98 valence electrons. The topological polar surface area (TPSA) is 9.23 Å². The molecule has 1 aliphatic carbocycles. The van der Waals surface area contributed by atoms with Gasteiger partial charge >= 0.3 is 0 Å². The van der Waals surface area contributed by atoms with E-state index in [0.29, 0.717) is 0 Å². The van der Waals surface area contributed by atoms with E-state index in [0.717, 1.165) is 18.1 Å². The monoisotopic (exact) mass is 244 g/mol. The van der Waals surface area contributed by atoms with Crippen LogP contribution in [0.1, 0.15) is 46.0 Å². The van der Waals surface area contributed by atoms with Crippen molar-refractivity contribution in [3.8, 4) is 5.75 Å². The molecule has 1 nitrogen and oxygen atoms in total. The van der Waals surface area contributed by atoms with E-state index < -0.39 is 0 Å². The molecule has 0 radical (unpaired) electrons. The first kappa shape index (κ1) is 13.2. The van der Waals surface area contributed by atoms with Crippen LogP contribution in [-0.4, -0.2) is 5.60 Å². The highest BCUT2D eigenvalue weighted by atomic mass is 16.5. The summed E-state index contributed by atoms with van der Waals surface area (Å²) < 4.78 is 6.02. The maximum absolute atomic E-state index is 6.02. The molecule has 1 aromatic rings. The van der Waals surface area contributed by atoms with Crippen LogP contribution in [0.2, 0.25) is 0 Å². The lowest BCUT2D eigenvalue weighted by Gasteiger charge is -2.25. The maximum atomic E-state index is 6.02. The standard InChI is InChI=1S/C17H24O/c1-17(2,18-16-12-4-3-5-13-16)14-8-11-15-9-6-7-10-15/h3-5,8,11-13,15H,6-7,9-10,14H2,1-2H3/b11-8+. The summed E-state index contributed by atoms with van der Waals surface area (Å²) >= 11 is 0. The molecule has 1 aromatic carbocycles. The lowest BCUT2D eigenvalue weighted by molar-refractivity contribution is 0.113. The first-order valence-electron chi connectivity index (χ1n) is 7.06. The van der Waals surface area contributed by atoms with Crippen LogP contribution in [0, 0.1) is 5.92 Å². The number of rotatable bonds is 5. The van der Waals surface area contributed by atoms with Gasteiger partial charge in [-0.15, -0.1) is 0 Å². The Morgan fingerprint density at radius 1 is 1.17 bits per heavy atom. The zero-order valence-corrected chi connectivity index (χ0v) is 11.6. The van der Waals surface area contributed by atoms with Gasteiger partial charge in [-0.2, -0.15) is 0 Å². The minimum atomic E-state index is -0.129. The Morgan fingerprint density at radius 2 is 1.83 bits per heavy atom. The minimum absolute atomic E-state index is 0.129. The summed E-state index contributed by atoms with van der Waals surface area (Å²) in [5, 5.41) is 0. The van der Waals surface area contributed by atoms with E-state index in [-0.39, 0.29) is 5.60 Å². The number of hydrogen-bond donors (Lipinski definition) is 0. The van der Waals surface area contributed by atoms with Gasteiger partial charge in [0.2, 0.25) is 0 Å². The molecular formula is C17H24O. The highest BCUT2D eigenvalue weighted by Crippen LogP contribution is 2.27. The average molecular weight is 244 g/mol. The lowest BCUT2D eigenvalue weighted by atomic mass is 10.0. The summed E-state index contributed by atoms with van der Waals surface area (Å²) in [4.78, 5) is 0. The van der Waals surface area contributed by atoms with Gasteiger partial charge in [-0.25, -0.2) is 0 Å². The third kappa shape index (κ3) is 4.21. The quantitative estimate of drug-likeness (QED) is 0.664. The molecule has 0 atom stereocenters. The summed E-state index contributed by atoms with van der Waals surface area (Å²) in [5.74, 6) is 1.77. The Kier molecular flexibility index (Phi) is 4.46. The van der Waals surface area contributed by atoms with Crippen molar-refractivity contribution in [3.05, 3.63) is 42.5 Å². The third-order valence-corrected chi connectivity index (χ3v) is 3.55. The molecule has 0 aliphatic heterocycles. The van der Waals surface area contributed by atoms with E-state index in [2.05, 4.69) is 26.0 Å². The van der Waals surface area contributed by atoms with Crippen molar-refractivity contribution >= 4 is 0 Å². The second kappa shape index (κ2) is 6.08. The Morgan fingerprint density at radius 3 is 2.50 bits per heavy atom. The smallest absolute Gasteiger partial charge is 0.120 e. The molecule has 0 spiro atoms. The number of hydrogen-bond acceptors (Lipinski definition) is 1. The SMILES string of the molecule is CC(C)(C/C=C/C1CCCC1)Oc1ccccc1. The maximum Gasteiger partial charge on any atom is 0.120 e. The molecule has 1 fully saturated rings. The second-order valence-electron chi connectivity index (χ2n) is 5.85. The van der Waals surface area contributed by atoms with E-state index in [1.807, 2.05) is 30.3 Å². The number of ether oxygens (including phenoxy) is 1. The van der Waals surface area contributed by atoms with E-state index in [9.17, 15) is 0 Å². The van der Waals surface area contributed by atoms with Gasteiger partial charge in [0.25, 0.3) is 0 Å². The van der Waals surface area contributed by atoms with Gasteiger partial charge in [0, 0.05) is 6.42 Å². The van der Waals surface area contributed by atoms with Crippen molar-refractivity contribution in [1.29, 1.82) is 0 Å². The van der Waals surface area contributed by atoms with E-state index >= 15 is 0 Å². The van der Waals surface area contributed by atoms with E-state index in [1.165, 1.54) is 25.7 Å². The van der Waals surface area contributed by atoms with Gasteiger partial charge in [-0.05, 0) is 44.7 Å². The molecule has 0 saturated heterocycles. The van der Waals surface area contributed by atoms with Crippen molar-refractivity contribution in [2.75, 3.05) is 0 Å². The first-order valence-corrected chi connectivity index (χ1v) is 7.06. The Balaban J connectivity index is 1.83. The van der Waals surface area contributed by atoms with Crippen LogP contribution in [0.4, 0.5) is 0 Å². The zero-order valence-electron chi connectivity index (χ0n) is 11.6. The summed E-state index contributed by atoms with van der Waals surface area (Å²) in [5.41, 5.74) is -0.129. The zero-order chi connectivity index (χ0) is 12.8. The summed E-state index contributed by atoms with van der Waals surface area (Å²) in [6, 6.07) is 10.1. The normalized spacial score (nSPS) is 17.4. The Bertz CT molecular complexity index is 372. The van der Waals surface area contributed by atoms with Crippen LogP contribution in [0.5, 0.6) is 5.75 Å². The van der Waals surface area contributed by atoms with Crippen molar-refractivity contribution in [1.82, 2.24) is 0 Å². The molecule has 0 amide bonds. The summed E-state index contributed by atoms with van der Waals surface area (Å²) in [6.45, 7) is 4.30. The van der Waals surface area contributed by atoms with Gasteiger partial charge in [0.15, 0.2) is 0 Å². The summed E-state index contributed by atoms with van der Waals surface area (Å²) in [6.07, 6.45) is 11.2. The van der Waals surface area contributed by atoms with Gasteiger partial charge in [0.1, 0.15) is 11.4 Å². The molecule has 1 aliphatic rings. The third-order valence-electron chi connectivity index (χ3n) is 3.55. The van der Waals surface area contributed by atoms with E-state index in [1.54, 1.807) is 0 Å². The predicted octanol–water partition coefficient (Wildman–Crippen LogP) is 4.98. The second-order valence-corrected chi connectivity index (χ2v) is 5.85. The molecule has 0 unspecified atom stereocenters. The van der Waals surface area contributed by atoms with Crippen molar-refractivity contribution < 1.29 is 4.74 Å². The van der Waals surface area contributed by atoms with Gasteiger partial charge in [0.05, 0.1) is 0 Å². The predicted molar refractivity (Wildman–Crippen MR) is 76.9 cm³/mol. The van der Waals surface area contributed by atoms with Crippen LogP contribution in [0.3, 0.4) is 0 Å². The van der Waals surface area contributed by atoms with E-state index in [4.69, 9.17) is 4.74 Å². The molecule has 0 N–H and O–H groups in total. The molecule has 2 rings (SSSR count). The molecule has 0 bridgehead atoms. The molecule has 0 heterocycles. The van der Waals surface area contributed by atoms with Crippen LogP contribution >= 0.6 is 0 Å². The van der Waals surface area contributed by atoms with Gasteiger partial charge < -0.3 is 4.74 Å².